The van der Waals surface area contributed by atoms with Gasteiger partial charge in [0.2, 0.25) is 5.95 Å². The topological polar surface area (TPSA) is 75.9 Å². The number of hydrogen-bond acceptors (Lipinski definition) is 5. The van der Waals surface area contributed by atoms with Crippen LogP contribution in [0, 0.1) is 5.82 Å². The Balaban J connectivity index is 2.19. The molecule has 0 saturated carbocycles. The number of hydrogen-bond donors (Lipinski definition) is 3. The zero-order valence-electron chi connectivity index (χ0n) is 11.0. The smallest absolute Gasteiger partial charge is 0.223 e. The lowest BCUT2D eigenvalue weighted by molar-refractivity contribution is 0.621. The first-order valence-electron chi connectivity index (χ1n) is 6.19. The fraction of sp³-hybridized carbons (Fsp3) is 0.231. The van der Waals surface area contributed by atoms with E-state index in [9.17, 15) is 4.39 Å². The molecule has 1 aromatic carbocycles. The zero-order valence-corrected chi connectivity index (χ0v) is 12.5. The number of nitrogens with zero attached hydrogens (tertiary/aromatic N) is 2. The standard InChI is InChI=1S/C13H15BrFN5/c1-2-5-17-11-7-12(20-13(16)19-11)18-8-3-4-10(15)9(14)6-8/h3-4,6-7H,2,5H2,1H3,(H4,16,17,18,19,20). The van der Waals surface area contributed by atoms with Gasteiger partial charge in [-0.3, -0.25) is 0 Å². The van der Waals surface area contributed by atoms with Gasteiger partial charge in [-0.2, -0.15) is 9.97 Å². The van der Waals surface area contributed by atoms with E-state index in [1.165, 1.54) is 6.07 Å². The molecule has 1 heterocycles. The van der Waals surface area contributed by atoms with E-state index >= 15 is 0 Å². The molecule has 0 amide bonds. The minimum absolute atomic E-state index is 0.176. The van der Waals surface area contributed by atoms with Gasteiger partial charge in [-0.25, -0.2) is 4.39 Å². The predicted molar refractivity (Wildman–Crippen MR) is 82.6 cm³/mol. The van der Waals surface area contributed by atoms with E-state index in [1.807, 2.05) is 0 Å². The summed E-state index contributed by atoms with van der Waals surface area (Å²) in [7, 11) is 0. The lowest BCUT2D eigenvalue weighted by Gasteiger charge is -2.10. The molecule has 2 aromatic rings. The minimum atomic E-state index is -0.317. The van der Waals surface area contributed by atoms with Gasteiger partial charge in [-0.1, -0.05) is 6.92 Å². The SMILES string of the molecule is CCCNc1cc(Nc2ccc(F)c(Br)c2)nc(N)n1. The van der Waals surface area contributed by atoms with Gasteiger partial charge in [0.15, 0.2) is 0 Å². The second-order valence-corrected chi connectivity index (χ2v) is 5.03. The molecule has 106 valence electrons. The van der Waals surface area contributed by atoms with E-state index in [0.29, 0.717) is 21.8 Å². The van der Waals surface area contributed by atoms with Crippen LogP contribution in [0.5, 0.6) is 0 Å². The molecule has 0 aliphatic heterocycles. The Morgan fingerprint density at radius 2 is 2.00 bits per heavy atom. The second kappa shape index (κ2) is 6.51. The third-order valence-corrected chi connectivity index (χ3v) is 3.10. The van der Waals surface area contributed by atoms with E-state index in [-0.39, 0.29) is 11.8 Å². The number of aromatic nitrogens is 2. The lowest BCUT2D eigenvalue weighted by Crippen LogP contribution is -2.06. The van der Waals surface area contributed by atoms with Crippen LogP contribution in [-0.2, 0) is 0 Å². The number of anilines is 4. The molecule has 7 heteroatoms. The molecule has 0 spiro atoms. The number of rotatable bonds is 5. The molecule has 0 bridgehead atoms. The Morgan fingerprint density at radius 3 is 2.70 bits per heavy atom. The predicted octanol–water partition coefficient (Wildman–Crippen LogP) is 3.53. The van der Waals surface area contributed by atoms with Gasteiger partial charge in [0.25, 0.3) is 0 Å². The van der Waals surface area contributed by atoms with Crippen molar-refractivity contribution < 1.29 is 4.39 Å². The molecule has 0 unspecified atom stereocenters. The number of nitrogen functional groups attached to an aromatic ring is 1. The molecule has 0 saturated heterocycles. The van der Waals surface area contributed by atoms with Crippen LogP contribution in [0.3, 0.4) is 0 Å². The Bertz CT molecular complexity index is 605. The molecule has 20 heavy (non-hydrogen) atoms. The molecule has 0 fully saturated rings. The quantitative estimate of drug-likeness (QED) is 0.776. The van der Waals surface area contributed by atoms with E-state index < -0.39 is 0 Å². The summed E-state index contributed by atoms with van der Waals surface area (Å²) in [5.74, 6) is 1.07. The van der Waals surface area contributed by atoms with Gasteiger partial charge in [-0.05, 0) is 40.5 Å². The Hall–Kier alpha value is -1.89. The summed E-state index contributed by atoms with van der Waals surface area (Å²) < 4.78 is 13.6. The van der Waals surface area contributed by atoms with Crippen molar-refractivity contribution in [1.82, 2.24) is 9.97 Å². The molecule has 4 N–H and O–H groups in total. The first-order chi connectivity index (χ1) is 9.58. The van der Waals surface area contributed by atoms with Gasteiger partial charge >= 0.3 is 0 Å². The van der Waals surface area contributed by atoms with Crippen molar-refractivity contribution in [1.29, 1.82) is 0 Å². The minimum Gasteiger partial charge on any atom is -0.370 e. The molecule has 1 aromatic heterocycles. The van der Waals surface area contributed by atoms with E-state index in [4.69, 9.17) is 5.73 Å². The van der Waals surface area contributed by atoms with Gasteiger partial charge in [0.05, 0.1) is 4.47 Å². The highest BCUT2D eigenvalue weighted by Crippen LogP contribution is 2.23. The van der Waals surface area contributed by atoms with Crippen molar-refractivity contribution in [3.8, 4) is 0 Å². The van der Waals surface area contributed by atoms with Crippen molar-refractivity contribution in [2.45, 2.75) is 13.3 Å². The summed E-state index contributed by atoms with van der Waals surface area (Å²) in [6.07, 6.45) is 0.984. The number of nitrogens with two attached hydrogens (primary N) is 1. The maximum absolute atomic E-state index is 13.2. The number of halogens is 2. The number of benzene rings is 1. The monoisotopic (exact) mass is 339 g/mol. The fourth-order valence-electron chi connectivity index (χ4n) is 1.60. The summed E-state index contributed by atoms with van der Waals surface area (Å²) in [6, 6.07) is 6.38. The van der Waals surface area contributed by atoms with Crippen molar-refractivity contribution in [3.63, 3.8) is 0 Å². The van der Waals surface area contributed by atoms with Crippen molar-refractivity contribution in [2.24, 2.45) is 0 Å². The van der Waals surface area contributed by atoms with E-state index in [1.54, 1.807) is 18.2 Å². The van der Waals surface area contributed by atoms with Crippen LogP contribution in [0.15, 0.2) is 28.7 Å². The molecular formula is C13H15BrFN5. The number of nitrogens with one attached hydrogen (secondary N) is 2. The van der Waals surface area contributed by atoms with Crippen LogP contribution in [0.2, 0.25) is 0 Å². The molecule has 0 radical (unpaired) electrons. The molecule has 0 atom stereocenters. The summed E-state index contributed by atoms with van der Waals surface area (Å²) in [5.41, 5.74) is 6.37. The molecule has 0 aliphatic rings. The molecule has 2 rings (SSSR count). The fourth-order valence-corrected chi connectivity index (χ4v) is 1.97. The highest BCUT2D eigenvalue weighted by atomic mass is 79.9. The zero-order chi connectivity index (χ0) is 14.5. The third-order valence-electron chi connectivity index (χ3n) is 2.49. The second-order valence-electron chi connectivity index (χ2n) is 4.18. The Morgan fingerprint density at radius 1 is 1.25 bits per heavy atom. The molecule has 0 aliphatic carbocycles. The first kappa shape index (κ1) is 14.5. The first-order valence-corrected chi connectivity index (χ1v) is 6.98. The van der Waals surface area contributed by atoms with Crippen LogP contribution < -0.4 is 16.4 Å². The average Bonchev–Trinajstić information content (AvgIpc) is 2.40. The maximum Gasteiger partial charge on any atom is 0.223 e. The van der Waals surface area contributed by atoms with Gasteiger partial charge < -0.3 is 16.4 Å². The van der Waals surface area contributed by atoms with Crippen LogP contribution in [0.4, 0.5) is 27.7 Å². The van der Waals surface area contributed by atoms with Gasteiger partial charge in [0, 0.05) is 18.3 Å². The Kier molecular flexibility index (Phi) is 4.73. The largest absolute Gasteiger partial charge is 0.370 e. The van der Waals surface area contributed by atoms with E-state index in [0.717, 1.165) is 13.0 Å². The normalized spacial score (nSPS) is 10.3. The molecule has 5 nitrogen and oxygen atoms in total. The van der Waals surface area contributed by atoms with Crippen molar-refractivity contribution in [2.75, 3.05) is 22.9 Å². The van der Waals surface area contributed by atoms with Gasteiger partial charge in [0.1, 0.15) is 17.5 Å². The summed E-state index contributed by atoms with van der Waals surface area (Å²) in [5, 5.41) is 6.20. The lowest BCUT2D eigenvalue weighted by atomic mass is 10.3. The maximum atomic E-state index is 13.2. The highest BCUT2D eigenvalue weighted by Gasteiger charge is 2.04. The van der Waals surface area contributed by atoms with Crippen LogP contribution in [-0.4, -0.2) is 16.5 Å². The third kappa shape index (κ3) is 3.80. The Labute approximate surface area is 124 Å². The van der Waals surface area contributed by atoms with Crippen LogP contribution in [0.1, 0.15) is 13.3 Å². The van der Waals surface area contributed by atoms with Crippen LogP contribution in [0.25, 0.3) is 0 Å². The highest BCUT2D eigenvalue weighted by molar-refractivity contribution is 9.10. The van der Waals surface area contributed by atoms with Gasteiger partial charge in [-0.15, -0.1) is 0 Å². The van der Waals surface area contributed by atoms with E-state index in [2.05, 4.69) is 43.5 Å². The molecular weight excluding hydrogens is 325 g/mol. The average molecular weight is 340 g/mol. The summed E-state index contributed by atoms with van der Waals surface area (Å²) in [6.45, 7) is 2.87. The summed E-state index contributed by atoms with van der Waals surface area (Å²) in [4.78, 5) is 8.19. The van der Waals surface area contributed by atoms with Crippen molar-refractivity contribution >= 4 is 39.2 Å². The van der Waals surface area contributed by atoms with Crippen LogP contribution >= 0.6 is 15.9 Å². The summed E-state index contributed by atoms with van der Waals surface area (Å²) >= 11 is 3.14. The van der Waals surface area contributed by atoms with Crippen molar-refractivity contribution in [3.05, 3.63) is 34.6 Å².